The number of carbonyl (C=O) groups is 2. The fraction of sp³-hybridized carbons (Fsp3) is 0.250. The molecule has 1 N–H and O–H groups in total. The summed E-state index contributed by atoms with van der Waals surface area (Å²) >= 11 is 0. The summed E-state index contributed by atoms with van der Waals surface area (Å²) in [5, 5.41) is 0. The summed E-state index contributed by atoms with van der Waals surface area (Å²) in [4.78, 5) is 28.6. The zero-order chi connectivity index (χ0) is 20.3. The summed E-state index contributed by atoms with van der Waals surface area (Å²) < 4.78 is 31.5. The van der Waals surface area contributed by atoms with Gasteiger partial charge in [-0.05, 0) is 31.0 Å². The van der Waals surface area contributed by atoms with E-state index in [1.54, 1.807) is 30.3 Å². The third kappa shape index (κ3) is 4.12. The second kappa shape index (κ2) is 7.93. The van der Waals surface area contributed by atoms with E-state index < -0.39 is 28.6 Å². The minimum absolute atomic E-state index is 0.0849. The molecule has 0 radical (unpaired) electrons. The van der Waals surface area contributed by atoms with E-state index in [2.05, 4.69) is 9.71 Å². The molecule has 2 aromatic carbocycles. The van der Waals surface area contributed by atoms with Gasteiger partial charge in [-0.1, -0.05) is 43.3 Å². The Morgan fingerprint density at radius 2 is 1.79 bits per heavy atom. The number of ketones is 1. The Labute approximate surface area is 163 Å². The Hall–Kier alpha value is -3.00. The van der Waals surface area contributed by atoms with Gasteiger partial charge in [0.2, 0.25) is 5.78 Å². The smallest absolute Gasteiger partial charge is 0.328 e. The molecule has 0 amide bonds. The van der Waals surface area contributed by atoms with Crippen LogP contribution in [0.15, 0.2) is 58.4 Å². The van der Waals surface area contributed by atoms with Gasteiger partial charge in [-0.3, -0.25) is 19.3 Å². The molecule has 7 nitrogen and oxygen atoms in total. The second-order valence-corrected chi connectivity index (χ2v) is 7.96. The number of fused-ring (bicyclic) bond motifs is 1. The average Bonchev–Trinajstić information content (AvgIpc) is 2.96. The number of nitrogens with zero attached hydrogens (tertiary/aromatic N) is 1. The first kappa shape index (κ1) is 19.8. The number of Topliss-reactive ketones (excluding diaryl/α,β-unsaturated/α-hetero) is 1. The summed E-state index contributed by atoms with van der Waals surface area (Å²) in [7, 11) is -3.67. The molecule has 0 unspecified atom stereocenters. The van der Waals surface area contributed by atoms with Crippen molar-refractivity contribution in [2.75, 3.05) is 6.54 Å². The number of hydrogen-bond acceptors (Lipinski definition) is 6. The number of aliphatic imine (C=N–C) groups is 1. The van der Waals surface area contributed by atoms with Gasteiger partial charge in [-0.2, -0.15) is 0 Å². The Bertz CT molecular complexity index is 1040. The SMILES string of the molecule is CCc1ccc(C(=O)[C@@H](C)OC(=O)CN=C2NS(=O)(=O)c3ccccc32)cc1. The van der Waals surface area contributed by atoms with E-state index in [0.29, 0.717) is 11.1 Å². The van der Waals surface area contributed by atoms with Crippen molar-refractivity contribution in [1.82, 2.24) is 4.72 Å². The molecule has 2 aromatic rings. The zero-order valence-corrected chi connectivity index (χ0v) is 16.3. The lowest BCUT2D eigenvalue weighted by atomic mass is 10.0. The second-order valence-electron chi connectivity index (χ2n) is 6.31. The van der Waals surface area contributed by atoms with Crippen LogP contribution < -0.4 is 4.72 Å². The summed E-state index contributed by atoms with van der Waals surface area (Å²) in [6, 6.07) is 13.5. The first-order valence-electron chi connectivity index (χ1n) is 8.81. The van der Waals surface area contributed by atoms with E-state index in [9.17, 15) is 18.0 Å². The molecule has 1 heterocycles. The van der Waals surface area contributed by atoms with Crippen molar-refractivity contribution in [3.63, 3.8) is 0 Å². The monoisotopic (exact) mass is 400 g/mol. The number of nitrogens with one attached hydrogen (secondary N) is 1. The van der Waals surface area contributed by atoms with E-state index >= 15 is 0 Å². The van der Waals surface area contributed by atoms with Crippen molar-refractivity contribution in [3.8, 4) is 0 Å². The molecular formula is C20H20N2O5S. The third-order valence-electron chi connectivity index (χ3n) is 4.35. The number of rotatable bonds is 6. The normalized spacial score (nSPS) is 16.9. The molecule has 1 aliphatic heterocycles. The zero-order valence-electron chi connectivity index (χ0n) is 15.5. The molecule has 8 heteroatoms. The summed E-state index contributed by atoms with van der Waals surface area (Å²) in [6.07, 6.45) is -0.0978. The van der Waals surface area contributed by atoms with Crippen LogP contribution in [-0.4, -0.2) is 38.7 Å². The van der Waals surface area contributed by atoms with E-state index in [1.807, 2.05) is 19.1 Å². The maximum absolute atomic E-state index is 12.4. The van der Waals surface area contributed by atoms with Crippen molar-refractivity contribution in [2.45, 2.75) is 31.3 Å². The van der Waals surface area contributed by atoms with Crippen molar-refractivity contribution in [3.05, 3.63) is 65.2 Å². The fourth-order valence-corrected chi connectivity index (χ4v) is 4.07. The van der Waals surface area contributed by atoms with E-state index in [0.717, 1.165) is 12.0 Å². The first-order valence-corrected chi connectivity index (χ1v) is 10.3. The quantitative estimate of drug-likeness (QED) is 0.591. The van der Waals surface area contributed by atoms with Gasteiger partial charge < -0.3 is 4.74 Å². The van der Waals surface area contributed by atoms with Crippen molar-refractivity contribution < 1.29 is 22.7 Å². The van der Waals surface area contributed by atoms with Crippen molar-refractivity contribution >= 4 is 27.6 Å². The van der Waals surface area contributed by atoms with Crippen LogP contribution >= 0.6 is 0 Å². The summed E-state index contributed by atoms with van der Waals surface area (Å²) in [6.45, 7) is 3.11. The molecule has 0 bridgehead atoms. The summed E-state index contributed by atoms with van der Waals surface area (Å²) in [5.41, 5.74) is 1.97. The number of benzene rings is 2. The number of aryl methyl sites for hydroxylation is 1. The van der Waals surface area contributed by atoms with Crippen LogP contribution in [-0.2, 0) is 26.0 Å². The molecule has 0 saturated heterocycles. The van der Waals surface area contributed by atoms with Crippen molar-refractivity contribution in [1.29, 1.82) is 0 Å². The van der Waals surface area contributed by atoms with Crippen LogP contribution in [0.4, 0.5) is 0 Å². The largest absolute Gasteiger partial charge is 0.453 e. The van der Waals surface area contributed by atoms with Crippen LogP contribution in [0, 0.1) is 0 Å². The minimum Gasteiger partial charge on any atom is -0.453 e. The Morgan fingerprint density at radius 1 is 1.11 bits per heavy atom. The van der Waals surface area contributed by atoms with E-state index in [1.165, 1.54) is 13.0 Å². The number of carbonyl (C=O) groups excluding carboxylic acids is 2. The van der Waals surface area contributed by atoms with Gasteiger partial charge in [-0.25, -0.2) is 8.42 Å². The van der Waals surface area contributed by atoms with Gasteiger partial charge in [0.05, 0.1) is 4.90 Å². The van der Waals surface area contributed by atoms with Crippen LogP contribution in [0.2, 0.25) is 0 Å². The van der Waals surface area contributed by atoms with Crippen LogP contribution in [0.25, 0.3) is 0 Å². The first-order chi connectivity index (χ1) is 13.3. The third-order valence-corrected chi connectivity index (χ3v) is 5.75. The molecule has 3 rings (SSSR count). The Balaban J connectivity index is 1.64. The lowest BCUT2D eigenvalue weighted by molar-refractivity contribution is -0.144. The standard InChI is InChI=1S/C20H20N2O5S/c1-3-14-8-10-15(11-9-14)19(24)13(2)27-18(23)12-21-20-16-6-4-5-7-17(16)28(25,26)22-20/h4-11,13H,3,12H2,1-2H3,(H,21,22)/t13-/m1/s1. The van der Waals surface area contributed by atoms with Gasteiger partial charge in [0.25, 0.3) is 10.0 Å². The summed E-state index contributed by atoms with van der Waals surface area (Å²) in [5.74, 6) is -0.945. The maximum Gasteiger partial charge on any atom is 0.328 e. The van der Waals surface area contributed by atoms with Gasteiger partial charge in [0, 0.05) is 11.1 Å². The number of esters is 1. The van der Waals surface area contributed by atoms with E-state index in [-0.39, 0.29) is 16.5 Å². The topological polar surface area (TPSA) is 102 Å². The van der Waals surface area contributed by atoms with Gasteiger partial charge in [0.15, 0.2) is 6.10 Å². The Kier molecular flexibility index (Phi) is 5.60. The minimum atomic E-state index is -3.67. The van der Waals surface area contributed by atoms with Crippen LogP contribution in [0.5, 0.6) is 0 Å². The molecule has 0 aromatic heterocycles. The number of hydrogen-bond donors (Lipinski definition) is 1. The van der Waals surface area contributed by atoms with Gasteiger partial charge >= 0.3 is 5.97 Å². The molecule has 1 aliphatic rings. The highest BCUT2D eigenvalue weighted by molar-refractivity contribution is 7.90. The Morgan fingerprint density at radius 3 is 2.46 bits per heavy atom. The molecule has 0 aliphatic carbocycles. The highest BCUT2D eigenvalue weighted by Gasteiger charge is 2.30. The highest BCUT2D eigenvalue weighted by Crippen LogP contribution is 2.22. The number of sulfonamides is 1. The average molecular weight is 400 g/mol. The maximum atomic E-state index is 12.4. The van der Waals surface area contributed by atoms with Crippen LogP contribution in [0.1, 0.15) is 35.3 Å². The molecule has 28 heavy (non-hydrogen) atoms. The van der Waals surface area contributed by atoms with Gasteiger partial charge in [-0.15, -0.1) is 0 Å². The molecule has 146 valence electrons. The lowest BCUT2D eigenvalue weighted by Crippen LogP contribution is -2.27. The molecular weight excluding hydrogens is 380 g/mol. The van der Waals surface area contributed by atoms with E-state index in [4.69, 9.17) is 4.74 Å². The van der Waals surface area contributed by atoms with Gasteiger partial charge in [0.1, 0.15) is 12.4 Å². The molecule has 0 spiro atoms. The molecule has 0 saturated carbocycles. The molecule has 0 fully saturated rings. The number of amidine groups is 1. The predicted molar refractivity (Wildman–Crippen MR) is 104 cm³/mol. The fourth-order valence-electron chi connectivity index (χ4n) is 2.82. The number of ether oxygens (including phenoxy) is 1. The highest BCUT2D eigenvalue weighted by atomic mass is 32.2. The lowest BCUT2D eigenvalue weighted by Gasteiger charge is -2.12. The predicted octanol–water partition coefficient (Wildman–Crippen LogP) is 2.10. The van der Waals surface area contributed by atoms with Crippen molar-refractivity contribution in [2.24, 2.45) is 4.99 Å². The van der Waals surface area contributed by atoms with Crippen LogP contribution in [0.3, 0.4) is 0 Å². The molecule has 1 atom stereocenters.